The van der Waals surface area contributed by atoms with Gasteiger partial charge in [-0.1, -0.05) is 0 Å². The molecule has 0 saturated carbocycles. The van der Waals surface area contributed by atoms with Gasteiger partial charge in [-0.3, -0.25) is 4.79 Å². The van der Waals surface area contributed by atoms with Crippen LogP contribution in [0.3, 0.4) is 0 Å². The van der Waals surface area contributed by atoms with Gasteiger partial charge in [0.25, 0.3) is 0 Å². The maximum absolute atomic E-state index is 13.7. The summed E-state index contributed by atoms with van der Waals surface area (Å²) in [6.07, 6.45) is -0.866. The number of nitrogens with one attached hydrogen (secondary N) is 2. The molecule has 2 fully saturated rings. The van der Waals surface area contributed by atoms with E-state index in [9.17, 15) is 9.18 Å². The minimum absolute atomic E-state index is 0.00518. The molecule has 0 aromatic carbocycles. The van der Waals surface area contributed by atoms with Gasteiger partial charge >= 0.3 is 0 Å². The van der Waals surface area contributed by atoms with Crippen LogP contribution in [-0.4, -0.2) is 69.0 Å². The molecule has 1 unspecified atom stereocenters. The Morgan fingerprint density at radius 1 is 1.47 bits per heavy atom. The van der Waals surface area contributed by atoms with Crippen molar-refractivity contribution in [3.63, 3.8) is 0 Å². The third kappa shape index (κ3) is 2.94. The average Bonchev–Trinajstić information content (AvgIpc) is 2.39. The number of piperazine rings is 1. The number of amides is 1. The van der Waals surface area contributed by atoms with E-state index in [0.717, 1.165) is 13.1 Å². The van der Waals surface area contributed by atoms with Crippen molar-refractivity contribution >= 4 is 5.91 Å². The van der Waals surface area contributed by atoms with Gasteiger partial charge in [-0.25, -0.2) is 4.39 Å². The van der Waals surface area contributed by atoms with E-state index in [4.69, 9.17) is 4.74 Å². The molecule has 0 radical (unpaired) electrons. The zero-order valence-corrected chi connectivity index (χ0v) is 10.1. The highest BCUT2D eigenvalue weighted by Crippen LogP contribution is 2.17. The van der Waals surface area contributed by atoms with Crippen molar-refractivity contribution in [1.29, 1.82) is 0 Å². The summed E-state index contributed by atoms with van der Waals surface area (Å²) >= 11 is 0. The predicted molar refractivity (Wildman–Crippen MR) is 61.6 cm³/mol. The van der Waals surface area contributed by atoms with Crippen LogP contribution in [0.4, 0.5) is 4.39 Å². The smallest absolute Gasteiger partial charge is 0.241 e. The monoisotopic (exact) mass is 245 g/mol. The molecule has 0 aromatic heterocycles. The highest BCUT2D eigenvalue weighted by molar-refractivity contribution is 5.82. The number of likely N-dealkylation sites (tertiary alicyclic amines) is 1. The van der Waals surface area contributed by atoms with Crippen LogP contribution in [0, 0.1) is 0 Å². The quantitative estimate of drug-likeness (QED) is 0.664. The molecule has 6 heteroatoms. The zero-order chi connectivity index (χ0) is 12.3. The number of hydrogen-bond acceptors (Lipinski definition) is 4. The van der Waals surface area contributed by atoms with Crippen molar-refractivity contribution in [3.8, 4) is 0 Å². The molecule has 0 spiro atoms. The Morgan fingerprint density at radius 3 is 2.88 bits per heavy atom. The number of methoxy groups -OCH3 is 1. The van der Waals surface area contributed by atoms with Gasteiger partial charge in [-0.15, -0.1) is 0 Å². The molecule has 0 bridgehead atoms. The number of piperidine rings is 1. The maximum atomic E-state index is 13.7. The second kappa shape index (κ2) is 5.75. The summed E-state index contributed by atoms with van der Waals surface area (Å²) in [5.74, 6) is -0.00518. The summed E-state index contributed by atoms with van der Waals surface area (Å²) in [7, 11) is 1.52. The number of hydrogen-bond donors (Lipinski definition) is 2. The molecule has 2 heterocycles. The maximum Gasteiger partial charge on any atom is 0.241 e. The second-order valence-electron chi connectivity index (χ2n) is 4.57. The van der Waals surface area contributed by atoms with E-state index in [-0.39, 0.29) is 24.6 Å². The Kier molecular flexibility index (Phi) is 4.31. The second-order valence-corrected chi connectivity index (χ2v) is 4.57. The zero-order valence-electron chi connectivity index (χ0n) is 10.1. The van der Waals surface area contributed by atoms with Gasteiger partial charge in [0.1, 0.15) is 6.17 Å². The Labute approximate surface area is 101 Å². The lowest BCUT2D eigenvalue weighted by Crippen LogP contribution is -2.59. The lowest BCUT2D eigenvalue weighted by atomic mass is 10.0. The molecule has 0 aromatic rings. The molecular formula is C11H20FN3O2. The summed E-state index contributed by atoms with van der Waals surface area (Å²) in [4.78, 5) is 13.7. The molecule has 2 rings (SSSR count). The van der Waals surface area contributed by atoms with Crippen LogP contribution in [0.2, 0.25) is 0 Å². The van der Waals surface area contributed by atoms with Crippen LogP contribution in [-0.2, 0) is 9.53 Å². The lowest BCUT2D eigenvalue weighted by molar-refractivity contribution is -0.138. The summed E-state index contributed by atoms with van der Waals surface area (Å²) in [5.41, 5.74) is 0. The van der Waals surface area contributed by atoms with Gasteiger partial charge < -0.3 is 20.3 Å². The van der Waals surface area contributed by atoms with E-state index in [2.05, 4.69) is 10.6 Å². The first-order valence-electron chi connectivity index (χ1n) is 6.12. The van der Waals surface area contributed by atoms with Gasteiger partial charge in [0.2, 0.25) is 5.91 Å². The van der Waals surface area contributed by atoms with Gasteiger partial charge in [-0.05, 0) is 6.42 Å². The molecule has 1 amide bonds. The van der Waals surface area contributed by atoms with Crippen LogP contribution in [0.25, 0.3) is 0 Å². The highest BCUT2D eigenvalue weighted by Gasteiger charge is 2.34. The third-order valence-electron chi connectivity index (χ3n) is 3.44. The third-order valence-corrected chi connectivity index (χ3v) is 3.44. The minimum atomic E-state index is -1.07. The number of alkyl halides is 1. The van der Waals surface area contributed by atoms with Crippen LogP contribution in [0.5, 0.6) is 0 Å². The van der Waals surface area contributed by atoms with Gasteiger partial charge in [0, 0.05) is 33.3 Å². The average molecular weight is 245 g/mol. The fourth-order valence-corrected chi connectivity index (χ4v) is 2.40. The van der Waals surface area contributed by atoms with E-state index >= 15 is 0 Å². The van der Waals surface area contributed by atoms with Gasteiger partial charge in [0.05, 0.1) is 18.7 Å². The Balaban J connectivity index is 1.87. The summed E-state index contributed by atoms with van der Waals surface area (Å²) in [5, 5.41) is 6.31. The molecule has 0 aliphatic carbocycles. The highest BCUT2D eigenvalue weighted by atomic mass is 19.1. The molecular weight excluding hydrogens is 225 g/mol. The van der Waals surface area contributed by atoms with Crippen molar-refractivity contribution in [2.45, 2.75) is 24.7 Å². The Bertz CT molecular complexity index is 271. The van der Waals surface area contributed by atoms with Crippen molar-refractivity contribution < 1.29 is 13.9 Å². The number of ether oxygens (including phenoxy) is 1. The number of rotatable bonds is 2. The largest absolute Gasteiger partial charge is 0.378 e. The minimum Gasteiger partial charge on any atom is -0.378 e. The predicted octanol–water partition coefficient (Wildman–Crippen LogP) is -0.867. The van der Waals surface area contributed by atoms with Crippen LogP contribution >= 0.6 is 0 Å². The number of halogens is 1. The topological polar surface area (TPSA) is 53.6 Å². The SMILES string of the molecule is CO[C@H]1CCN(C(=O)C2CNCCN2)C[C@H]1F. The van der Waals surface area contributed by atoms with E-state index in [1.807, 2.05) is 0 Å². The molecule has 2 N–H and O–H groups in total. The standard InChI is InChI=1S/C11H20FN3O2/c1-17-10-2-5-15(7-8(10)12)11(16)9-6-13-3-4-14-9/h8-10,13-14H,2-7H2,1H3/t8-,9?,10+/m1/s1. The van der Waals surface area contributed by atoms with E-state index in [0.29, 0.717) is 19.5 Å². The lowest BCUT2D eigenvalue weighted by Gasteiger charge is -2.36. The van der Waals surface area contributed by atoms with Crippen LogP contribution in [0.15, 0.2) is 0 Å². The molecule has 98 valence electrons. The van der Waals surface area contributed by atoms with E-state index in [1.165, 1.54) is 7.11 Å². The molecule has 2 aliphatic heterocycles. The first-order chi connectivity index (χ1) is 8.22. The molecule has 5 nitrogen and oxygen atoms in total. The fourth-order valence-electron chi connectivity index (χ4n) is 2.40. The number of carbonyl (C=O) groups is 1. The number of nitrogens with zero attached hydrogens (tertiary/aromatic N) is 1. The van der Waals surface area contributed by atoms with Gasteiger partial charge in [-0.2, -0.15) is 0 Å². The van der Waals surface area contributed by atoms with E-state index in [1.54, 1.807) is 4.90 Å². The first kappa shape index (κ1) is 12.7. The molecule has 2 saturated heterocycles. The van der Waals surface area contributed by atoms with Crippen molar-refractivity contribution in [1.82, 2.24) is 15.5 Å². The summed E-state index contributed by atoms with van der Waals surface area (Å²) in [6, 6.07) is -0.213. The first-order valence-corrected chi connectivity index (χ1v) is 6.12. The molecule has 2 aliphatic rings. The van der Waals surface area contributed by atoms with E-state index < -0.39 is 6.17 Å². The summed E-state index contributed by atoms with van der Waals surface area (Å²) < 4.78 is 18.7. The Morgan fingerprint density at radius 2 is 2.29 bits per heavy atom. The van der Waals surface area contributed by atoms with Crippen molar-refractivity contribution in [2.24, 2.45) is 0 Å². The van der Waals surface area contributed by atoms with Crippen molar-refractivity contribution in [2.75, 3.05) is 39.8 Å². The van der Waals surface area contributed by atoms with Crippen molar-refractivity contribution in [3.05, 3.63) is 0 Å². The Hall–Kier alpha value is -0.720. The molecule has 3 atom stereocenters. The normalized spacial score (nSPS) is 34.7. The molecule has 17 heavy (non-hydrogen) atoms. The van der Waals surface area contributed by atoms with Crippen LogP contribution in [0.1, 0.15) is 6.42 Å². The van der Waals surface area contributed by atoms with Gasteiger partial charge in [0.15, 0.2) is 0 Å². The fraction of sp³-hybridized carbons (Fsp3) is 0.909. The van der Waals surface area contributed by atoms with Crippen LogP contribution < -0.4 is 10.6 Å². The number of carbonyl (C=O) groups excluding carboxylic acids is 1. The summed E-state index contributed by atoms with van der Waals surface area (Å²) in [6.45, 7) is 3.01.